The van der Waals surface area contributed by atoms with Crippen LogP contribution in [0.3, 0.4) is 0 Å². The van der Waals surface area contributed by atoms with E-state index in [4.69, 9.17) is 0 Å². The largest absolute Gasteiger partial charge is 0.507 e. The molecular formula is C14H11BrFNO2. The van der Waals surface area contributed by atoms with E-state index in [1.165, 1.54) is 30.3 Å². The minimum Gasteiger partial charge on any atom is -0.507 e. The van der Waals surface area contributed by atoms with Crippen LogP contribution in [-0.2, 0) is 0 Å². The lowest BCUT2D eigenvalue weighted by molar-refractivity contribution is 0.102. The first kappa shape index (κ1) is 13.5. The topological polar surface area (TPSA) is 49.3 Å². The van der Waals surface area contributed by atoms with Gasteiger partial charge in [-0.15, -0.1) is 0 Å². The van der Waals surface area contributed by atoms with Crippen molar-refractivity contribution < 1.29 is 14.3 Å². The molecule has 0 fully saturated rings. The summed E-state index contributed by atoms with van der Waals surface area (Å²) in [7, 11) is 0. The quantitative estimate of drug-likeness (QED) is 0.881. The molecule has 0 heterocycles. The predicted molar refractivity (Wildman–Crippen MR) is 74.9 cm³/mol. The van der Waals surface area contributed by atoms with Crippen molar-refractivity contribution in [3.05, 3.63) is 57.8 Å². The van der Waals surface area contributed by atoms with Crippen LogP contribution < -0.4 is 5.32 Å². The standard InChI is InChI=1S/C14H11BrFNO2/c1-8-2-4-10(13(18)6-8)14(19)17-12-7-9(15)3-5-11(12)16/h2-7,18H,1H3,(H,17,19). The van der Waals surface area contributed by atoms with Crippen molar-refractivity contribution in [1.29, 1.82) is 0 Å². The van der Waals surface area contributed by atoms with Gasteiger partial charge in [0.2, 0.25) is 0 Å². The van der Waals surface area contributed by atoms with E-state index in [1.54, 1.807) is 13.0 Å². The molecular weight excluding hydrogens is 313 g/mol. The summed E-state index contributed by atoms with van der Waals surface area (Å²) in [6.45, 7) is 1.80. The fourth-order valence-electron chi connectivity index (χ4n) is 1.62. The van der Waals surface area contributed by atoms with Gasteiger partial charge in [0.05, 0.1) is 11.3 Å². The number of phenolic OH excluding ortho intramolecular Hbond substituents is 1. The maximum atomic E-state index is 13.5. The molecule has 1 amide bonds. The Labute approximate surface area is 118 Å². The first-order chi connectivity index (χ1) is 8.97. The van der Waals surface area contributed by atoms with Crippen LogP contribution in [0.2, 0.25) is 0 Å². The maximum absolute atomic E-state index is 13.5. The van der Waals surface area contributed by atoms with Gasteiger partial charge >= 0.3 is 0 Å². The summed E-state index contributed by atoms with van der Waals surface area (Å²) in [6.07, 6.45) is 0. The van der Waals surface area contributed by atoms with Crippen LogP contribution in [0.15, 0.2) is 40.9 Å². The molecule has 0 radical (unpaired) electrons. The van der Waals surface area contributed by atoms with Crippen molar-refractivity contribution in [2.24, 2.45) is 0 Å². The third-order valence-electron chi connectivity index (χ3n) is 2.57. The number of aromatic hydroxyl groups is 1. The van der Waals surface area contributed by atoms with Gasteiger partial charge in [0.15, 0.2) is 0 Å². The fourth-order valence-corrected chi connectivity index (χ4v) is 1.98. The van der Waals surface area contributed by atoms with Crippen LogP contribution in [0.4, 0.5) is 10.1 Å². The highest BCUT2D eigenvalue weighted by molar-refractivity contribution is 9.10. The summed E-state index contributed by atoms with van der Waals surface area (Å²) in [6, 6.07) is 8.91. The number of benzene rings is 2. The van der Waals surface area contributed by atoms with Gasteiger partial charge in [0, 0.05) is 4.47 Å². The number of hydrogen-bond donors (Lipinski definition) is 2. The number of aryl methyl sites for hydroxylation is 1. The number of carbonyl (C=O) groups excluding carboxylic acids is 1. The minimum absolute atomic E-state index is 0.0550. The zero-order valence-electron chi connectivity index (χ0n) is 10.1. The number of nitrogens with one attached hydrogen (secondary N) is 1. The van der Waals surface area contributed by atoms with E-state index < -0.39 is 11.7 Å². The van der Waals surface area contributed by atoms with Gasteiger partial charge in [-0.2, -0.15) is 0 Å². The van der Waals surface area contributed by atoms with Gasteiger partial charge in [-0.1, -0.05) is 22.0 Å². The summed E-state index contributed by atoms with van der Waals surface area (Å²) in [5.74, 6) is -1.23. The van der Waals surface area contributed by atoms with Crippen LogP contribution >= 0.6 is 15.9 Å². The lowest BCUT2D eigenvalue weighted by Gasteiger charge is -2.08. The highest BCUT2D eigenvalue weighted by Gasteiger charge is 2.13. The molecule has 0 atom stereocenters. The monoisotopic (exact) mass is 323 g/mol. The van der Waals surface area contributed by atoms with Gasteiger partial charge < -0.3 is 10.4 Å². The highest BCUT2D eigenvalue weighted by Crippen LogP contribution is 2.23. The number of halogens is 2. The number of amides is 1. The minimum atomic E-state index is -0.561. The van der Waals surface area contributed by atoms with Crippen LogP contribution in [0, 0.1) is 12.7 Å². The Balaban J connectivity index is 2.28. The first-order valence-electron chi connectivity index (χ1n) is 5.53. The molecule has 2 N–H and O–H groups in total. The molecule has 2 rings (SSSR count). The zero-order chi connectivity index (χ0) is 14.0. The van der Waals surface area contributed by atoms with Crippen molar-refractivity contribution in [2.75, 3.05) is 5.32 Å². The summed E-state index contributed by atoms with van der Waals surface area (Å²) in [5, 5.41) is 12.1. The van der Waals surface area contributed by atoms with Gasteiger partial charge in [-0.3, -0.25) is 4.79 Å². The average Bonchev–Trinajstić information content (AvgIpc) is 2.33. The summed E-state index contributed by atoms with van der Waals surface area (Å²) in [4.78, 5) is 12.0. The number of hydrogen-bond acceptors (Lipinski definition) is 2. The van der Waals surface area contributed by atoms with Crippen LogP contribution in [0.1, 0.15) is 15.9 Å². The first-order valence-corrected chi connectivity index (χ1v) is 6.32. The molecule has 2 aromatic rings. The molecule has 0 aliphatic carbocycles. The van der Waals surface area contributed by atoms with E-state index in [2.05, 4.69) is 21.2 Å². The van der Waals surface area contributed by atoms with Crippen molar-refractivity contribution in [3.8, 4) is 5.75 Å². The number of anilines is 1. The van der Waals surface area contributed by atoms with E-state index >= 15 is 0 Å². The lowest BCUT2D eigenvalue weighted by Crippen LogP contribution is -2.13. The van der Waals surface area contributed by atoms with E-state index in [9.17, 15) is 14.3 Å². The second-order valence-corrected chi connectivity index (χ2v) is 5.01. The Kier molecular flexibility index (Phi) is 3.85. The molecule has 2 aromatic carbocycles. The molecule has 0 aliphatic rings. The number of rotatable bonds is 2. The van der Waals surface area contributed by atoms with Gasteiger partial charge in [-0.25, -0.2) is 4.39 Å². The van der Waals surface area contributed by atoms with E-state index in [0.717, 1.165) is 5.56 Å². The summed E-state index contributed by atoms with van der Waals surface area (Å²) >= 11 is 3.20. The van der Waals surface area contributed by atoms with Crippen LogP contribution in [-0.4, -0.2) is 11.0 Å². The van der Waals surface area contributed by atoms with Crippen LogP contribution in [0.25, 0.3) is 0 Å². The molecule has 3 nitrogen and oxygen atoms in total. The average molecular weight is 324 g/mol. The molecule has 0 saturated carbocycles. The Morgan fingerprint density at radius 2 is 2.00 bits per heavy atom. The predicted octanol–water partition coefficient (Wildman–Crippen LogP) is 3.85. The van der Waals surface area contributed by atoms with Crippen LogP contribution in [0.5, 0.6) is 5.75 Å². The van der Waals surface area contributed by atoms with E-state index in [1.807, 2.05) is 0 Å². The SMILES string of the molecule is Cc1ccc(C(=O)Nc2cc(Br)ccc2F)c(O)c1. The fraction of sp³-hybridized carbons (Fsp3) is 0.0714. The molecule has 98 valence electrons. The number of carbonyl (C=O) groups is 1. The van der Waals surface area contributed by atoms with Gasteiger partial charge in [0.25, 0.3) is 5.91 Å². The summed E-state index contributed by atoms with van der Waals surface area (Å²) in [5.41, 5.74) is 0.993. The normalized spacial score (nSPS) is 10.3. The third-order valence-corrected chi connectivity index (χ3v) is 3.07. The second kappa shape index (κ2) is 5.40. The highest BCUT2D eigenvalue weighted by atomic mass is 79.9. The lowest BCUT2D eigenvalue weighted by atomic mass is 10.1. The Morgan fingerprint density at radius 1 is 1.26 bits per heavy atom. The second-order valence-electron chi connectivity index (χ2n) is 4.10. The molecule has 0 saturated heterocycles. The Bertz CT molecular complexity index is 643. The smallest absolute Gasteiger partial charge is 0.259 e. The Morgan fingerprint density at radius 3 is 2.68 bits per heavy atom. The van der Waals surface area contributed by atoms with Crippen molar-refractivity contribution in [1.82, 2.24) is 0 Å². The van der Waals surface area contributed by atoms with Crippen molar-refractivity contribution in [2.45, 2.75) is 6.92 Å². The third kappa shape index (κ3) is 3.12. The molecule has 0 spiro atoms. The van der Waals surface area contributed by atoms with Crippen molar-refractivity contribution in [3.63, 3.8) is 0 Å². The Hall–Kier alpha value is -1.88. The zero-order valence-corrected chi connectivity index (χ0v) is 11.7. The van der Waals surface area contributed by atoms with E-state index in [-0.39, 0.29) is 17.0 Å². The molecule has 5 heteroatoms. The molecule has 0 unspecified atom stereocenters. The van der Waals surface area contributed by atoms with Crippen molar-refractivity contribution >= 4 is 27.5 Å². The molecule has 19 heavy (non-hydrogen) atoms. The maximum Gasteiger partial charge on any atom is 0.259 e. The summed E-state index contributed by atoms with van der Waals surface area (Å²) < 4.78 is 14.2. The number of phenols is 1. The molecule has 0 bridgehead atoms. The van der Waals surface area contributed by atoms with Gasteiger partial charge in [0.1, 0.15) is 11.6 Å². The molecule has 0 aliphatic heterocycles. The van der Waals surface area contributed by atoms with E-state index in [0.29, 0.717) is 4.47 Å². The van der Waals surface area contributed by atoms with Gasteiger partial charge in [-0.05, 0) is 42.8 Å². The molecule has 0 aromatic heterocycles.